The Hall–Kier alpha value is -1.77. The topological polar surface area (TPSA) is 36.1 Å². The largest absolute Gasteiger partial charge is 0.361 e. The van der Waals surface area contributed by atoms with Crippen molar-refractivity contribution in [2.75, 3.05) is 13.1 Å². The van der Waals surface area contributed by atoms with Crippen LogP contribution < -0.4 is 0 Å². The van der Waals surface area contributed by atoms with Crippen molar-refractivity contribution in [2.24, 2.45) is 0 Å². The molecule has 0 saturated heterocycles. The Kier molecular flexibility index (Phi) is 2.95. The average Bonchev–Trinajstić information content (AvgIpc) is 2.78. The number of hydrogen-bond donors (Lipinski definition) is 1. The predicted octanol–water partition coefficient (Wildman–Crippen LogP) is 2.65. The van der Waals surface area contributed by atoms with Crippen molar-refractivity contribution in [1.29, 1.82) is 0 Å². The summed E-state index contributed by atoms with van der Waals surface area (Å²) < 4.78 is 0. The van der Waals surface area contributed by atoms with Gasteiger partial charge < -0.3 is 9.88 Å². The van der Waals surface area contributed by atoms with Gasteiger partial charge in [0.15, 0.2) is 0 Å². The van der Waals surface area contributed by atoms with Gasteiger partial charge in [-0.2, -0.15) is 0 Å². The van der Waals surface area contributed by atoms with Crippen LogP contribution in [-0.2, 0) is 0 Å². The summed E-state index contributed by atoms with van der Waals surface area (Å²) in [5.41, 5.74) is 1.79. The zero-order valence-electron chi connectivity index (χ0n) is 9.66. The van der Waals surface area contributed by atoms with E-state index < -0.39 is 0 Å². The molecule has 2 aromatic rings. The minimum Gasteiger partial charge on any atom is -0.361 e. The number of carbonyl (C=O) groups excluding carboxylic acids is 1. The molecule has 3 heteroatoms. The minimum absolute atomic E-state index is 0.107. The Morgan fingerprint density at radius 3 is 2.69 bits per heavy atom. The second-order valence-corrected chi connectivity index (χ2v) is 3.72. The van der Waals surface area contributed by atoms with E-state index in [1.54, 1.807) is 0 Å². The standard InChI is InChI=1S/C13H16N2O/c1-3-15(4-2)13(16)11-6-5-7-12-10(11)8-9-14-12/h5-9,14H,3-4H2,1-2H3. The molecule has 1 N–H and O–H groups in total. The lowest BCUT2D eigenvalue weighted by Gasteiger charge is -2.18. The monoisotopic (exact) mass is 216 g/mol. The zero-order chi connectivity index (χ0) is 11.5. The summed E-state index contributed by atoms with van der Waals surface area (Å²) in [6.07, 6.45) is 1.86. The molecule has 1 amide bonds. The van der Waals surface area contributed by atoms with E-state index in [9.17, 15) is 4.79 Å². The van der Waals surface area contributed by atoms with Gasteiger partial charge in [-0.05, 0) is 32.0 Å². The normalized spacial score (nSPS) is 10.6. The second-order valence-electron chi connectivity index (χ2n) is 3.72. The molecule has 0 bridgehead atoms. The van der Waals surface area contributed by atoms with Gasteiger partial charge in [-0.25, -0.2) is 0 Å². The molecule has 16 heavy (non-hydrogen) atoms. The maximum atomic E-state index is 12.2. The molecule has 84 valence electrons. The number of fused-ring (bicyclic) bond motifs is 1. The molecular weight excluding hydrogens is 200 g/mol. The van der Waals surface area contributed by atoms with Gasteiger partial charge in [0.05, 0.1) is 0 Å². The highest BCUT2D eigenvalue weighted by Gasteiger charge is 2.15. The highest BCUT2D eigenvalue weighted by Crippen LogP contribution is 2.18. The van der Waals surface area contributed by atoms with Crippen LogP contribution in [0.15, 0.2) is 30.5 Å². The van der Waals surface area contributed by atoms with Crippen molar-refractivity contribution in [3.8, 4) is 0 Å². The van der Waals surface area contributed by atoms with E-state index in [4.69, 9.17) is 0 Å². The van der Waals surface area contributed by atoms with Crippen molar-refractivity contribution in [3.63, 3.8) is 0 Å². The van der Waals surface area contributed by atoms with Gasteiger partial charge >= 0.3 is 0 Å². The van der Waals surface area contributed by atoms with Crippen LogP contribution in [0.25, 0.3) is 10.9 Å². The third-order valence-electron chi connectivity index (χ3n) is 2.88. The molecule has 1 heterocycles. The van der Waals surface area contributed by atoms with Crippen molar-refractivity contribution in [2.45, 2.75) is 13.8 Å². The van der Waals surface area contributed by atoms with Gasteiger partial charge in [0.1, 0.15) is 0 Å². The van der Waals surface area contributed by atoms with E-state index in [1.165, 1.54) is 0 Å². The number of benzene rings is 1. The minimum atomic E-state index is 0.107. The molecule has 0 unspecified atom stereocenters. The number of rotatable bonds is 3. The Balaban J connectivity index is 2.46. The van der Waals surface area contributed by atoms with Crippen LogP contribution in [0.5, 0.6) is 0 Å². The van der Waals surface area contributed by atoms with Crippen LogP contribution in [0.1, 0.15) is 24.2 Å². The van der Waals surface area contributed by atoms with Gasteiger partial charge in [-0.3, -0.25) is 4.79 Å². The molecular formula is C13H16N2O. The van der Waals surface area contributed by atoms with Crippen molar-refractivity contribution >= 4 is 16.8 Å². The van der Waals surface area contributed by atoms with Crippen molar-refractivity contribution < 1.29 is 4.79 Å². The molecule has 1 aromatic heterocycles. The summed E-state index contributed by atoms with van der Waals surface area (Å²) in [5, 5.41) is 0.999. The predicted molar refractivity (Wildman–Crippen MR) is 65.6 cm³/mol. The number of nitrogens with zero attached hydrogens (tertiary/aromatic N) is 1. The first-order valence-corrected chi connectivity index (χ1v) is 5.63. The van der Waals surface area contributed by atoms with Crippen LogP contribution >= 0.6 is 0 Å². The fourth-order valence-corrected chi connectivity index (χ4v) is 1.95. The Morgan fingerprint density at radius 1 is 1.25 bits per heavy atom. The highest BCUT2D eigenvalue weighted by molar-refractivity contribution is 6.06. The Bertz CT molecular complexity index is 497. The molecule has 0 atom stereocenters. The maximum absolute atomic E-state index is 12.2. The summed E-state index contributed by atoms with van der Waals surface area (Å²) in [6, 6.07) is 7.73. The number of amides is 1. The van der Waals surface area contributed by atoms with Crippen LogP contribution in [0, 0.1) is 0 Å². The molecule has 3 nitrogen and oxygen atoms in total. The maximum Gasteiger partial charge on any atom is 0.254 e. The number of hydrogen-bond acceptors (Lipinski definition) is 1. The number of H-pyrrole nitrogens is 1. The van der Waals surface area contributed by atoms with E-state index in [1.807, 2.05) is 49.2 Å². The van der Waals surface area contributed by atoms with Crippen molar-refractivity contribution in [1.82, 2.24) is 9.88 Å². The van der Waals surface area contributed by atoms with Gasteiger partial charge in [0.25, 0.3) is 5.91 Å². The van der Waals surface area contributed by atoms with Crippen LogP contribution in [-0.4, -0.2) is 28.9 Å². The number of carbonyl (C=O) groups is 1. The molecule has 1 aromatic carbocycles. The third-order valence-corrected chi connectivity index (χ3v) is 2.88. The quantitative estimate of drug-likeness (QED) is 0.841. The summed E-state index contributed by atoms with van der Waals surface area (Å²) in [6.45, 7) is 5.49. The van der Waals surface area contributed by atoms with E-state index in [0.717, 1.165) is 29.6 Å². The van der Waals surface area contributed by atoms with Gasteiger partial charge in [0.2, 0.25) is 0 Å². The molecule has 0 saturated carbocycles. The molecule has 0 aliphatic rings. The zero-order valence-corrected chi connectivity index (χ0v) is 9.66. The fourth-order valence-electron chi connectivity index (χ4n) is 1.95. The van der Waals surface area contributed by atoms with Crippen LogP contribution in [0.3, 0.4) is 0 Å². The van der Waals surface area contributed by atoms with E-state index >= 15 is 0 Å². The fraction of sp³-hybridized carbons (Fsp3) is 0.308. The van der Waals surface area contributed by atoms with Crippen LogP contribution in [0.4, 0.5) is 0 Å². The summed E-state index contributed by atoms with van der Waals surface area (Å²) >= 11 is 0. The number of aromatic amines is 1. The average molecular weight is 216 g/mol. The lowest BCUT2D eigenvalue weighted by Crippen LogP contribution is -2.30. The van der Waals surface area contributed by atoms with E-state index in [2.05, 4.69) is 4.98 Å². The summed E-state index contributed by atoms with van der Waals surface area (Å²) in [4.78, 5) is 17.2. The molecule has 0 radical (unpaired) electrons. The molecule has 0 aliphatic carbocycles. The second kappa shape index (κ2) is 4.39. The highest BCUT2D eigenvalue weighted by atomic mass is 16.2. The van der Waals surface area contributed by atoms with Gasteiger partial charge in [0, 0.05) is 35.8 Å². The van der Waals surface area contributed by atoms with E-state index in [-0.39, 0.29) is 5.91 Å². The van der Waals surface area contributed by atoms with E-state index in [0.29, 0.717) is 0 Å². The van der Waals surface area contributed by atoms with Gasteiger partial charge in [-0.15, -0.1) is 0 Å². The first-order chi connectivity index (χ1) is 7.77. The summed E-state index contributed by atoms with van der Waals surface area (Å²) in [5.74, 6) is 0.107. The summed E-state index contributed by atoms with van der Waals surface area (Å²) in [7, 11) is 0. The SMILES string of the molecule is CCN(CC)C(=O)c1cccc2[nH]ccc12. The first-order valence-electron chi connectivity index (χ1n) is 5.63. The van der Waals surface area contributed by atoms with Crippen LogP contribution in [0.2, 0.25) is 0 Å². The molecule has 0 spiro atoms. The molecule has 2 rings (SSSR count). The van der Waals surface area contributed by atoms with Gasteiger partial charge in [-0.1, -0.05) is 6.07 Å². The van der Waals surface area contributed by atoms with Crippen molar-refractivity contribution in [3.05, 3.63) is 36.0 Å². The number of aromatic nitrogens is 1. The number of nitrogens with one attached hydrogen (secondary N) is 1. The third kappa shape index (κ3) is 1.69. The molecule has 0 aliphatic heterocycles. The lowest BCUT2D eigenvalue weighted by molar-refractivity contribution is 0.0775. The Labute approximate surface area is 95.1 Å². The lowest BCUT2D eigenvalue weighted by atomic mass is 10.1. The smallest absolute Gasteiger partial charge is 0.254 e. The first kappa shape index (κ1) is 10.7. The Morgan fingerprint density at radius 2 is 2.00 bits per heavy atom. The molecule has 0 fully saturated rings.